The summed E-state index contributed by atoms with van der Waals surface area (Å²) in [6, 6.07) is 6.96. The largest absolute Gasteiger partial charge is 0.380 e. The Labute approximate surface area is 77.6 Å². The lowest BCUT2D eigenvalue weighted by Gasteiger charge is -1.99. The Morgan fingerprint density at radius 2 is 2.00 bits per heavy atom. The minimum atomic E-state index is -2.23. The maximum absolute atomic E-state index is 10.2. The molecule has 66 valence electrons. The van der Waals surface area contributed by atoms with Crippen LogP contribution in [-0.2, 0) is 11.4 Å². The van der Waals surface area contributed by atoms with E-state index in [9.17, 15) is 4.21 Å². The Morgan fingerprint density at radius 3 is 2.42 bits per heavy atom. The fraction of sp³-hybridized carbons (Fsp3) is 0.143. The lowest BCUT2D eigenvalue weighted by atomic mass is 10.3. The summed E-state index contributed by atoms with van der Waals surface area (Å²) in [7, 11) is 0. The highest BCUT2D eigenvalue weighted by Crippen LogP contribution is 2.19. The highest BCUT2D eigenvalue weighted by atomic mass is 32.2. The standard InChI is InChI=1S/C7H8O3S2/c1-11-7-4-2-6(3-5-7)10-12(8)9/h2-5H,1H3,(H,8,9). The van der Waals surface area contributed by atoms with Crippen molar-refractivity contribution in [3.8, 4) is 5.75 Å². The van der Waals surface area contributed by atoms with Crippen LogP contribution in [0.5, 0.6) is 5.75 Å². The average Bonchev–Trinajstić information content (AvgIpc) is 2.05. The summed E-state index contributed by atoms with van der Waals surface area (Å²) in [5, 5.41) is 0. The van der Waals surface area contributed by atoms with Crippen molar-refractivity contribution in [3.63, 3.8) is 0 Å². The van der Waals surface area contributed by atoms with Crippen LogP contribution in [0.3, 0.4) is 0 Å². The minimum Gasteiger partial charge on any atom is -0.380 e. The van der Waals surface area contributed by atoms with Gasteiger partial charge in [-0.3, -0.25) is 4.55 Å². The van der Waals surface area contributed by atoms with Gasteiger partial charge in [0.15, 0.2) is 0 Å². The van der Waals surface area contributed by atoms with E-state index in [0.717, 1.165) is 4.90 Å². The van der Waals surface area contributed by atoms with Gasteiger partial charge in [0.25, 0.3) is 0 Å². The van der Waals surface area contributed by atoms with Gasteiger partial charge in [0, 0.05) is 4.90 Å². The van der Waals surface area contributed by atoms with Crippen LogP contribution in [0.1, 0.15) is 0 Å². The maximum Gasteiger partial charge on any atom is 0.357 e. The van der Waals surface area contributed by atoms with Gasteiger partial charge in [-0.25, -0.2) is 0 Å². The SMILES string of the molecule is CSc1ccc(OS(=O)O)cc1. The highest BCUT2D eigenvalue weighted by molar-refractivity contribution is 7.98. The molecule has 0 aliphatic carbocycles. The molecule has 1 aromatic rings. The maximum atomic E-state index is 10.2. The summed E-state index contributed by atoms with van der Waals surface area (Å²) in [6.07, 6.45) is 1.96. The second-order valence-corrected chi connectivity index (χ2v) is 3.46. The molecule has 0 saturated heterocycles. The van der Waals surface area contributed by atoms with Crippen LogP contribution >= 0.6 is 11.8 Å². The summed E-state index contributed by atoms with van der Waals surface area (Å²) < 4.78 is 23.1. The fourth-order valence-electron chi connectivity index (χ4n) is 0.714. The molecule has 1 N–H and O–H groups in total. The predicted octanol–water partition coefficient (Wildman–Crippen LogP) is 1.92. The van der Waals surface area contributed by atoms with Gasteiger partial charge in [0.2, 0.25) is 0 Å². The first kappa shape index (κ1) is 9.57. The summed E-state index contributed by atoms with van der Waals surface area (Å²) >= 11 is -0.629. The van der Waals surface area contributed by atoms with E-state index in [2.05, 4.69) is 4.18 Å². The summed E-state index contributed by atoms with van der Waals surface area (Å²) in [6.45, 7) is 0. The molecule has 1 unspecified atom stereocenters. The predicted molar refractivity (Wildman–Crippen MR) is 49.6 cm³/mol. The molecule has 0 spiro atoms. The van der Waals surface area contributed by atoms with Crippen molar-refractivity contribution in [3.05, 3.63) is 24.3 Å². The fourth-order valence-corrected chi connectivity index (χ4v) is 1.40. The van der Waals surface area contributed by atoms with Gasteiger partial charge in [0.1, 0.15) is 5.75 Å². The van der Waals surface area contributed by atoms with Gasteiger partial charge in [-0.2, -0.15) is 4.21 Å². The van der Waals surface area contributed by atoms with E-state index in [-0.39, 0.29) is 0 Å². The molecule has 1 rings (SSSR count). The number of thioether (sulfide) groups is 1. The molecule has 3 nitrogen and oxygen atoms in total. The van der Waals surface area contributed by atoms with Crippen LogP contribution in [0.2, 0.25) is 0 Å². The molecular formula is C7H8O3S2. The van der Waals surface area contributed by atoms with Crippen LogP contribution in [0.25, 0.3) is 0 Å². The van der Waals surface area contributed by atoms with Crippen molar-refractivity contribution in [1.82, 2.24) is 0 Å². The van der Waals surface area contributed by atoms with Gasteiger partial charge in [-0.15, -0.1) is 11.8 Å². The zero-order valence-electron chi connectivity index (χ0n) is 6.39. The first-order valence-electron chi connectivity index (χ1n) is 3.15. The average molecular weight is 204 g/mol. The first-order chi connectivity index (χ1) is 5.72. The number of hydrogen-bond donors (Lipinski definition) is 1. The molecule has 0 amide bonds. The summed E-state index contributed by atoms with van der Waals surface area (Å²) in [5.41, 5.74) is 0. The van der Waals surface area contributed by atoms with Crippen LogP contribution in [0.4, 0.5) is 0 Å². The quantitative estimate of drug-likeness (QED) is 0.603. The minimum absolute atomic E-state index is 0.397. The summed E-state index contributed by atoms with van der Waals surface area (Å²) in [4.78, 5) is 1.09. The van der Waals surface area contributed by atoms with Crippen molar-refractivity contribution in [1.29, 1.82) is 0 Å². The number of rotatable bonds is 3. The smallest absolute Gasteiger partial charge is 0.357 e. The summed E-state index contributed by atoms with van der Waals surface area (Å²) in [5.74, 6) is 0.397. The molecule has 0 heterocycles. The lowest BCUT2D eigenvalue weighted by Crippen LogP contribution is -1.96. The topological polar surface area (TPSA) is 46.5 Å². The van der Waals surface area contributed by atoms with E-state index in [4.69, 9.17) is 4.55 Å². The second-order valence-electron chi connectivity index (χ2n) is 1.98. The van der Waals surface area contributed by atoms with E-state index in [1.165, 1.54) is 0 Å². The number of hydrogen-bond acceptors (Lipinski definition) is 3. The molecule has 1 aromatic carbocycles. The zero-order valence-corrected chi connectivity index (χ0v) is 8.02. The second kappa shape index (κ2) is 4.49. The Balaban J connectivity index is 2.71. The molecule has 0 aliphatic heterocycles. The third kappa shape index (κ3) is 2.84. The molecule has 0 saturated carbocycles. The highest BCUT2D eigenvalue weighted by Gasteiger charge is 1.97. The molecule has 0 radical (unpaired) electrons. The van der Waals surface area contributed by atoms with Gasteiger partial charge in [-0.05, 0) is 30.5 Å². The van der Waals surface area contributed by atoms with Crippen LogP contribution in [0, 0.1) is 0 Å². The molecule has 0 bridgehead atoms. The lowest BCUT2D eigenvalue weighted by molar-refractivity contribution is 0.458. The van der Waals surface area contributed by atoms with E-state index < -0.39 is 11.4 Å². The molecule has 5 heteroatoms. The van der Waals surface area contributed by atoms with Crippen molar-refractivity contribution < 1.29 is 12.9 Å². The van der Waals surface area contributed by atoms with Crippen LogP contribution < -0.4 is 4.18 Å². The van der Waals surface area contributed by atoms with Crippen LogP contribution in [0.15, 0.2) is 29.2 Å². The molecule has 0 aromatic heterocycles. The Hall–Kier alpha value is -0.520. The molecule has 12 heavy (non-hydrogen) atoms. The van der Waals surface area contributed by atoms with Gasteiger partial charge in [-0.1, -0.05) is 0 Å². The van der Waals surface area contributed by atoms with E-state index in [1.54, 1.807) is 23.9 Å². The van der Waals surface area contributed by atoms with E-state index in [1.807, 2.05) is 18.4 Å². The number of benzene rings is 1. The third-order valence-electron chi connectivity index (χ3n) is 1.23. The molecule has 1 atom stereocenters. The molecule has 0 aliphatic rings. The van der Waals surface area contributed by atoms with Gasteiger partial charge < -0.3 is 4.18 Å². The van der Waals surface area contributed by atoms with Crippen molar-refractivity contribution >= 4 is 23.1 Å². The van der Waals surface area contributed by atoms with Crippen LogP contribution in [-0.4, -0.2) is 15.0 Å². The van der Waals surface area contributed by atoms with Crippen molar-refractivity contribution in [2.75, 3.05) is 6.26 Å². The van der Waals surface area contributed by atoms with Gasteiger partial charge >= 0.3 is 11.4 Å². The Kier molecular flexibility index (Phi) is 3.58. The normalized spacial score (nSPS) is 12.5. The van der Waals surface area contributed by atoms with E-state index >= 15 is 0 Å². The molecular weight excluding hydrogens is 196 g/mol. The monoisotopic (exact) mass is 204 g/mol. The Morgan fingerprint density at radius 1 is 1.42 bits per heavy atom. The van der Waals surface area contributed by atoms with Crippen molar-refractivity contribution in [2.45, 2.75) is 4.90 Å². The third-order valence-corrected chi connectivity index (χ3v) is 2.31. The zero-order chi connectivity index (χ0) is 8.97. The Bertz CT molecular complexity index is 270. The molecule has 0 fully saturated rings. The van der Waals surface area contributed by atoms with Gasteiger partial charge in [0.05, 0.1) is 0 Å². The van der Waals surface area contributed by atoms with E-state index in [0.29, 0.717) is 5.75 Å². The van der Waals surface area contributed by atoms with Crippen molar-refractivity contribution in [2.24, 2.45) is 0 Å². The first-order valence-corrected chi connectivity index (χ1v) is 5.41.